The lowest BCUT2D eigenvalue weighted by Crippen LogP contribution is -2.01. The third kappa shape index (κ3) is 1.93. The summed E-state index contributed by atoms with van der Waals surface area (Å²) in [6, 6.07) is 1.76. The van der Waals surface area contributed by atoms with Crippen molar-refractivity contribution in [3.05, 3.63) is 39.8 Å². The molecule has 76 valence electrons. The fourth-order valence-corrected chi connectivity index (χ4v) is 1.66. The molecular formula is C9H5BrClN3O. The number of rotatable bonds is 2. The molecule has 2 aromatic heterocycles. The number of halogens is 2. The number of carbonyl (C=O) groups excluding carboxylic acids is 1. The maximum Gasteiger partial charge on any atom is 0.153 e. The number of carbonyl (C=O) groups is 1. The van der Waals surface area contributed by atoms with Crippen LogP contribution >= 0.6 is 27.5 Å². The second-order valence-corrected chi connectivity index (χ2v) is 3.97. The normalized spacial score (nSPS) is 10.3. The van der Waals surface area contributed by atoms with Crippen LogP contribution in [0.5, 0.6) is 0 Å². The highest BCUT2D eigenvalue weighted by atomic mass is 79.9. The average molecular weight is 287 g/mol. The van der Waals surface area contributed by atoms with Gasteiger partial charge in [0.25, 0.3) is 0 Å². The van der Waals surface area contributed by atoms with Crippen molar-refractivity contribution in [2.24, 2.45) is 0 Å². The Morgan fingerprint density at radius 2 is 2.27 bits per heavy atom. The van der Waals surface area contributed by atoms with Gasteiger partial charge in [0.15, 0.2) is 6.29 Å². The number of hydrogen-bond donors (Lipinski definition) is 0. The van der Waals surface area contributed by atoms with Gasteiger partial charge >= 0.3 is 0 Å². The molecule has 2 heterocycles. The van der Waals surface area contributed by atoms with E-state index >= 15 is 0 Å². The molecule has 0 spiro atoms. The number of aromatic nitrogens is 3. The Hall–Kier alpha value is -1.20. The zero-order valence-electron chi connectivity index (χ0n) is 7.39. The van der Waals surface area contributed by atoms with Crippen LogP contribution < -0.4 is 0 Å². The SMILES string of the molecule is O=Cc1c(Cl)cncc1-n1ccc(Br)n1. The molecule has 0 unspecified atom stereocenters. The zero-order chi connectivity index (χ0) is 10.8. The molecule has 0 fully saturated rings. The smallest absolute Gasteiger partial charge is 0.153 e. The van der Waals surface area contributed by atoms with Gasteiger partial charge in [0.1, 0.15) is 4.60 Å². The van der Waals surface area contributed by atoms with Crippen molar-refractivity contribution in [1.29, 1.82) is 0 Å². The highest BCUT2D eigenvalue weighted by Crippen LogP contribution is 2.20. The molecule has 0 aromatic carbocycles. The van der Waals surface area contributed by atoms with E-state index in [4.69, 9.17) is 11.6 Å². The summed E-state index contributed by atoms with van der Waals surface area (Å²) in [6.07, 6.45) is 5.36. The largest absolute Gasteiger partial charge is 0.298 e. The first kappa shape index (κ1) is 10.3. The summed E-state index contributed by atoms with van der Waals surface area (Å²) in [7, 11) is 0. The standard InChI is InChI=1S/C9H5BrClN3O/c10-9-1-2-14(13-9)8-4-12-3-7(11)6(8)5-15/h1-5H. The molecule has 0 saturated heterocycles. The van der Waals surface area contributed by atoms with Gasteiger partial charge in [-0.25, -0.2) is 4.68 Å². The van der Waals surface area contributed by atoms with Crippen molar-refractivity contribution in [1.82, 2.24) is 14.8 Å². The van der Waals surface area contributed by atoms with Gasteiger partial charge in [0.05, 0.1) is 22.5 Å². The van der Waals surface area contributed by atoms with Gasteiger partial charge in [-0.15, -0.1) is 0 Å². The van der Waals surface area contributed by atoms with E-state index in [1.165, 1.54) is 17.1 Å². The summed E-state index contributed by atoms with van der Waals surface area (Å²) in [5.41, 5.74) is 0.936. The van der Waals surface area contributed by atoms with Gasteiger partial charge in [0.2, 0.25) is 0 Å². The Labute approximate surface area is 99.0 Å². The molecule has 0 amide bonds. The fraction of sp³-hybridized carbons (Fsp3) is 0. The van der Waals surface area contributed by atoms with Crippen LogP contribution in [0, 0.1) is 0 Å². The zero-order valence-corrected chi connectivity index (χ0v) is 9.73. The highest BCUT2D eigenvalue weighted by molar-refractivity contribution is 9.10. The predicted octanol–water partition coefficient (Wildman–Crippen LogP) is 2.50. The first-order valence-electron chi connectivity index (χ1n) is 4.02. The minimum atomic E-state index is 0.314. The van der Waals surface area contributed by atoms with Gasteiger partial charge < -0.3 is 0 Å². The molecule has 6 heteroatoms. The number of pyridine rings is 1. The summed E-state index contributed by atoms with van der Waals surface area (Å²) < 4.78 is 2.21. The molecule has 0 saturated carbocycles. The van der Waals surface area contributed by atoms with Crippen LogP contribution in [-0.2, 0) is 0 Å². The Balaban J connectivity index is 2.62. The van der Waals surface area contributed by atoms with Crippen molar-refractivity contribution >= 4 is 33.8 Å². The van der Waals surface area contributed by atoms with Crippen molar-refractivity contribution < 1.29 is 4.79 Å². The molecule has 2 aromatic rings. The third-order valence-electron chi connectivity index (χ3n) is 1.84. The van der Waals surface area contributed by atoms with Crippen LogP contribution in [0.3, 0.4) is 0 Å². The van der Waals surface area contributed by atoms with Crippen LogP contribution in [-0.4, -0.2) is 21.1 Å². The summed E-state index contributed by atoms with van der Waals surface area (Å²) in [4.78, 5) is 14.8. The van der Waals surface area contributed by atoms with Crippen LogP contribution in [0.15, 0.2) is 29.3 Å². The van der Waals surface area contributed by atoms with Gasteiger partial charge in [-0.2, -0.15) is 5.10 Å². The van der Waals surface area contributed by atoms with E-state index in [0.717, 1.165) is 0 Å². The minimum absolute atomic E-state index is 0.314. The third-order valence-corrected chi connectivity index (χ3v) is 2.56. The minimum Gasteiger partial charge on any atom is -0.298 e. The van der Waals surface area contributed by atoms with Crippen molar-refractivity contribution in [3.63, 3.8) is 0 Å². The maximum absolute atomic E-state index is 10.9. The highest BCUT2D eigenvalue weighted by Gasteiger charge is 2.09. The van der Waals surface area contributed by atoms with Crippen LogP contribution in [0.25, 0.3) is 5.69 Å². The Morgan fingerprint density at radius 1 is 1.47 bits per heavy atom. The number of hydrogen-bond acceptors (Lipinski definition) is 3. The van der Waals surface area contributed by atoms with E-state index in [1.54, 1.807) is 12.3 Å². The molecule has 0 atom stereocenters. The second kappa shape index (κ2) is 4.12. The van der Waals surface area contributed by atoms with Gasteiger partial charge in [-0.1, -0.05) is 11.6 Å². The first-order valence-corrected chi connectivity index (χ1v) is 5.19. The van der Waals surface area contributed by atoms with Gasteiger partial charge in [-0.3, -0.25) is 9.78 Å². The molecule has 0 N–H and O–H groups in total. The predicted molar refractivity (Wildman–Crippen MR) is 59.5 cm³/mol. The molecule has 2 rings (SSSR count). The lowest BCUT2D eigenvalue weighted by atomic mass is 10.2. The van der Waals surface area contributed by atoms with Crippen molar-refractivity contribution in [3.8, 4) is 5.69 Å². The van der Waals surface area contributed by atoms with E-state index in [2.05, 4.69) is 26.0 Å². The lowest BCUT2D eigenvalue weighted by Gasteiger charge is -2.04. The summed E-state index contributed by atoms with van der Waals surface area (Å²) in [5, 5.41) is 4.42. The Bertz CT molecular complexity index is 512. The molecule has 4 nitrogen and oxygen atoms in total. The molecule has 0 aliphatic heterocycles. The molecular weight excluding hydrogens is 281 g/mol. The van der Waals surface area contributed by atoms with E-state index in [0.29, 0.717) is 27.2 Å². The summed E-state index contributed by atoms with van der Waals surface area (Å²) >= 11 is 9.06. The van der Waals surface area contributed by atoms with E-state index < -0.39 is 0 Å². The van der Waals surface area contributed by atoms with Crippen LogP contribution in [0.4, 0.5) is 0 Å². The van der Waals surface area contributed by atoms with Gasteiger partial charge in [0, 0.05) is 12.4 Å². The number of aldehydes is 1. The summed E-state index contributed by atoms with van der Waals surface area (Å²) in [6.45, 7) is 0. The quantitative estimate of drug-likeness (QED) is 0.797. The maximum atomic E-state index is 10.9. The Kier molecular flexibility index (Phi) is 2.83. The monoisotopic (exact) mass is 285 g/mol. The van der Waals surface area contributed by atoms with E-state index in [1.807, 2.05) is 0 Å². The molecule has 0 radical (unpaired) electrons. The first-order chi connectivity index (χ1) is 7.22. The number of nitrogens with zero attached hydrogens (tertiary/aromatic N) is 3. The molecule has 0 bridgehead atoms. The van der Waals surface area contributed by atoms with Crippen LogP contribution in [0.2, 0.25) is 5.02 Å². The molecule has 0 aliphatic rings. The van der Waals surface area contributed by atoms with E-state index in [-0.39, 0.29) is 0 Å². The molecule has 0 aliphatic carbocycles. The van der Waals surface area contributed by atoms with Crippen molar-refractivity contribution in [2.75, 3.05) is 0 Å². The average Bonchev–Trinajstić information content (AvgIpc) is 2.64. The van der Waals surface area contributed by atoms with Crippen LogP contribution in [0.1, 0.15) is 10.4 Å². The van der Waals surface area contributed by atoms with Crippen molar-refractivity contribution in [2.45, 2.75) is 0 Å². The van der Waals surface area contributed by atoms with Gasteiger partial charge in [-0.05, 0) is 22.0 Å². The Morgan fingerprint density at radius 3 is 2.87 bits per heavy atom. The topological polar surface area (TPSA) is 47.8 Å². The van der Waals surface area contributed by atoms with E-state index in [9.17, 15) is 4.79 Å². The molecule has 15 heavy (non-hydrogen) atoms. The lowest BCUT2D eigenvalue weighted by molar-refractivity contribution is 0.112. The summed E-state index contributed by atoms with van der Waals surface area (Å²) in [5.74, 6) is 0. The second-order valence-electron chi connectivity index (χ2n) is 2.76. The fourth-order valence-electron chi connectivity index (χ4n) is 1.17.